The SMILES string of the molecule is CC/C=C\C/C=C\C/C=C\C/C=C\CCCCCCC(=O)OC(CO)COP(=O)(O)OCC(COC(=O)CCCCCCCCCCCCCCCCCCC)OC(=O)CCCCCCCCCCC/C=C\CCCCCCCC. The summed E-state index contributed by atoms with van der Waals surface area (Å²) < 4.78 is 39.7. The van der Waals surface area contributed by atoms with Crippen molar-refractivity contribution in [3.63, 3.8) is 0 Å². The molecule has 0 aromatic heterocycles. The molecule has 0 spiro atoms. The number of aliphatic hydroxyl groups is 1. The molecule has 0 saturated heterocycles. The van der Waals surface area contributed by atoms with Crippen molar-refractivity contribution in [3.05, 3.63) is 60.8 Å². The Morgan fingerprint density at radius 2 is 0.650 bits per heavy atom. The van der Waals surface area contributed by atoms with Crippen molar-refractivity contribution in [3.8, 4) is 0 Å². The second-order valence-electron chi connectivity index (χ2n) is 22.3. The number of ether oxygens (including phenoxy) is 3. The summed E-state index contributed by atoms with van der Waals surface area (Å²) in [6.45, 7) is 4.56. The number of carbonyl (C=O) groups is 3. The van der Waals surface area contributed by atoms with E-state index in [2.05, 4.69) is 81.5 Å². The molecule has 0 bridgehead atoms. The van der Waals surface area contributed by atoms with Crippen LogP contribution in [0.2, 0.25) is 0 Å². The highest BCUT2D eigenvalue weighted by molar-refractivity contribution is 7.47. The number of carbonyl (C=O) groups excluding carboxylic acids is 3. The first-order chi connectivity index (χ1) is 39.2. The van der Waals surface area contributed by atoms with Gasteiger partial charge in [-0.05, 0) is 83.5 Å². The first kappa shape index (κ1) is 77.2. The van der Waals surface area contributed by atoms with Crippen molar-refractivity contribution in [2.75, 3.05) is 26.4 Å². The average Bonchev–Trinajstić information content (AvgIpc) is 3.45. The summed E-state index contributed by atoms with van der Waals surface area (Å²) in [5.41, 5.74) is 0. The Morgan fingerprint density at radius 1 is 0.362 bits per heavy atom. The molecular weight excluding hydrogens is 1020 g/mol. The van der Waals surface area contributed by atoms with Crippen LogP contribution in [0.15, 0.2) is 60.8 Å². The molecule has 12 heteroatoms. The van der Waals surface area contributed by atoms with Crippen molar-refractivity contribution in [2.24, 2.45) is 0 Å². The van der Waals surface area contributed by atoms with Crippen molar-refractivity contribution < 1.29 is 52.2 Å². The molecule has 0 aromatic carbocycles. The van der Waals surface area contributed by atoms with Gasteiger partial charge in [0.1, 0.15) is 12.7 Å². The molecule has 0 saturated carbocycles. The summed E-state index contributed by atoms with van der Waals surface area (Å²) in [4.78, 5) is 48.8. The van der Waals surface area contributed by atoms with E-state index < -0.39 is 57.8 Å². The Bertz CT molecular complexity index is 1570. The number of rotatable bonds is 62. The quantitative estimate of drug-likeness (QED) is 0.0197. The van der Waals surface area contributed by atoms with Gasteiger partial charge in [-0.15, -0.1) is 0 Å². The molecule has 0 aliphatic heterocycles. The highest BCUT2D eigenvalue weighted by Crippen LogP contribution is 2.43. The fourth-order valence-corrected chi connectivity index (χ4v) is 10.2. The smallest absolute Gasteiger partial charge is 0.462 e. The monoisotopic (exact) mass is 1150 g/mol. The van der Waals surface area contributed by atoms with Crippen LogP contribution in [0, 0.1) is 0 Å². The first-order valence-corrected chi connectivity index (χ1v) is 34.7. The fourth-order valence-electron chi connectivity index (χ4n) is 9.40. The van der Waals surface area contributed by atoms with E-state index in [0.717, 1.165) is 89.9 Å². The van der Waals surface area contributed by atoms with Gasteiger partial charge >= 0.3 is 25.7 Å². The van der Waals surface area contributed by atoms with Crippen molar-refractivity contribution in [1.82, 2.24) is 0 Å². The van der Waals surface area contributed by atoms with Gasteiger partial charge < -0.3 is 24.2 Å². The second-order valence-corrected chi connectivity index (χ2v) is 23.7. The summed E-state index contributed by atoms with van der Waals surface area (Å²) in [5.74, 6) is -1.47. The molecule has 80 heavy (non-hydrogen) atoms. The molecule has 11 nitrogen and oxygen atoms in total. The maximum Gasteiger partial charge on any atom is 0.472 e. The van der Waals surface area contributed by atoms with Crippen LogP contribution in [0.1, 0.15) is 316 Å². The van der Waals surface area contributed by atoms with Gasteiger partial charge in [0.05, 0.1) is 19.8 Å². The lowest BCUT2D eigenvalue weighted by molar-refractivity contribution is -0.161. The van der Waals surface area contributed by atoms with Crippen LogP contribution in [0.25, 0.3) is 0 Å². The highest BCUT2D eigenvalue weighted by atomic mass is 31.2. The van der Waals surface area contributed by atoms with Gasteiger partial charge in [0.15, 0.2) is 6.10 Å². The fraction of sp³-hybridized carbons (Fsp3) is 0.809. The maximum atomic E-state index is 13.0. The molecule has 2 N–H and O–H groups in total. The minimum atomic E-state index is -4.76. The normalized spacial score (nSPS) is 13.6. The van der Waals surface area contributed by atoms with Crippen LogP contribution < -0.4 is 0 Å². The Hall–Kier alpha value is -2.82. The summed E-state index contributed by atoms with van der Waals surface area (Å²) in [6.07, 6.45) is 70.3. The number of phosphoric acid groups is 1. The van der Waals surface area contributed by atoms with E-state index in [0.29, 0.717) is 19.3 Å². The minimum Gasteiger partial charge on any atom is -0.462 e. The Balaban J connectivity index is 4.69. The van der Waals surface area contributed by atoms with E-state index in [1.165, 1.54) is 167 Å². The first-order valence-electron chi connectivity index (χ1n) is 33.2. The molecule has 0 aliphatic carbocycles. The van der Waals surface area contributed by atoms with Gasteiger partial charge in [-0.3, -0.25) is 23.4 Å². The van der Waals surface area contributed by atoms with E-state index in [1.54, 1.807) is 0 Å². The molecule has 3 atom stereocenters. The summed E-state index contributed by atoms with van der Waals surface area (Å²) >= 11 is 0. The van der Waals surface area contributed by atoms with Crippen LogP contribution in [-0.2, 0) is 42.2 Å². The third-order valence-corrected chi connectivity index (χ3v) is 15.4. The predicted octanol–water partition coefficient (Wildman–Crippen LogP) is 20.3. The lowest BCUT2D eigenvalue weighted by atomic mass is 10.0. The zero-order chi connectivity index (χ0) is 58.3. The zero-order valence-electron chi connectivity index (χ0n) is 51.8. The predicted molar refractivity (Wildman–Crippen MR) is 335 cm³/mol. The van der Waals surface area contributed by atoms with E-state index >= 15 is 0 Å². The maximum absolute atomic E-state index is 13.0. The second kappa shape index (κ2) is 62.2. The van der Waals surface area contributed by atoms with Crippen molar-refractivity contribution >= 4 is 25.7 Å². The summed E-state index contributed by atoms with van der Waals surface area (Å²) in [5, 5.41) is 9.86. The molecule has 3 unspecified atom stereocenters. The zero-order valence-corrected chi connectivity index (χ0v) is 52.7. The summed E-state index contributed by atoms with van der Waals surface area (Å²) in [7, 11) is -4.76. The standard InChI is InChI=1S/C68H123O11P/c1-4-7-10-13-16-19-22-25-28-31-32-35-38-41-44-47-50-53-56-59-68(72)79-65(61-75-66(70)57-54-51-48-45-42-39-36-33-29-26-23-20-17-14-11-8-5-2)63-77-80(73,74)76-62-64(60-69)78-67(71)58-55-52-49-46-43-40-37-34-30-27-24-21-18-15-12-9-6-3/h9,12,18,21,25,27-28,30,37,40,64-65,69H,4-8,10-11,13-17,19-20,22-24,26,29,31-36,38-39,41-63H2,1-3H3,(H,73,74)/b12-9-,21-18-,28-25-,30-27-,40-37-. The van der Waals surface area contributed by atoms with Gasteiger partial charge in [0.25, 0.3) is 0 Å². The van der Waals surface area contributed by atoms with Crippen LogP contribution in [-0.4, -0.2) is 66.5 Å². The van der Waals surface area contributed by atoms with Gasteiger partial charge in [0, 0.05) is 19.3 Å². The number of unbranched alkanes of at least 4 members (excludes halogenated alkanes) is 35. The Morgan fingerprint density at radius 3 is 1.01 bits per heavy atom. The van der Waals surface area contributed by atoms with Gasteiger partial charge in [-0.2, -0.15) is 0 Å². The van der Waals surface area contributed by atoms with E-state index in [9.17, 15) is 28.9 Å². The molecule has 0 amide bonds. The van der Waals surface area contributed by atoms with Crippen molar-refractivity contribution in [1.29, 1.82) is 0 Å². The third kappa shape index (κ3) is 59.8. The molecule has 0 heterocycles. The van der Waals surface area contributed by atoms with E-state index in [-0.39, 0.29) is 25.9 Å². The molecule has 0 aliphatic rings. The van der Waals surface area contributed by atoms with Crippen LogP contribution >= 0.6 is 7.82 Å². The molecule has 466 valence electrons. The third-order valence-electron chi connectivity index (χ3n) is 14.4. The topological polar surface area (TPSA) is 155 Å². The number of esters is 3. The lowest BCUT2D eigenvalue weighted by Gasteiger charge is -2.21. The molecule has 0 rings (SSSR count). The minimum absolute atomic E-state index is 0.150. The Kier molecular flexibility index (Phi) is 60.0. The molecule has 0 aromatic rings. The van der Waals surface area contributed by atoms with Crippen LogP contribution in [0.3, 0.4) is 0 Å². The molecular formula is C68H123O11P. The molecule has 0 radical (unpaired) electrons. The number of hydrogen-bond acceptors (Lipinski definition) is 10. The van der Waals surface area contributed by atoms with Crippen molar-refractivity contribution in [2.45, 2.75) is 328 Å². The van der Waals surface area contributed by atoms with Crippen LogP contribution in [0.5, 0.6) is 0 Å². The summed E-state index contributed by atoms with van der Waals surface area (Å²) in [6, 6.07) is 0. The number of phosphoric ester groups is 1. The average molecular weight is 1150 g/mol. The van der Waals surface area contributed by atoms with Gasteiger partial charge in [0.2, 0.25) is 0 Å². The lowest BCUT2D eigenvalue weighted by Crippen LogP contribution is -2.30. The van der Waals surface area contributed by atoms with Crippen LogP contribution in [0.4, 0.5) is 0 Å². The number of allylic oxidation sites excluding steroid dienone is 10. The number of hydrogen-bond donors (Lipinski definition) is 2. The highest BCUT2D eigenvalue weighted by Gasteiger charge is 2.28. The molecule has 0 fully saturated rings. The van der Waals surface area contributed by atoms with Gasteiger partial charge in [-0.25, -0.2) is 4.57 Å². The van der Waals surface area contributed by atoms with E-state index in [1.807, 2.05) is 0 Å². The Labute approximate surface area is 491 Å². The van der Waals surface area contributed by atoms with Gasteiger partial charge in [-0.1, -0.05) is 274 Å². The van der Waals surface area contributed by atoms with E-state index in [4.69, 9.17) is 23.3 Å². The largest absolute Gasteiger partial charge is 0.472 e. The number of aliphatic hydroxyl groups excluding tert-OH is 1.